The van der Waals surface area contributed by atoms with Crippen LogP contribution in [0.1, 0.15) is 0 Å². The summed E-state index contributed by atoms with van der Waals surface area (Å²) in [5, 5.41) is 0. The first kappa shape index (κ1) is 22.6. The van der Waals surface area contributed by atoms with Crippen molar-refractivity contribution < 1.29 is 23.3 Å². The van der Waals surface area contributed by atoms with Gasteiger partial charge in [0, 0.05) is 26.1 Å². The molecule has 0 fully saturated rings. The van der Waals surface area contributed by atoms with E-state index in [2.05, 4.69) is 6.62 Å². The van der Waals surface area contributed by atoms with Crippen LogP contribution in [0.2, 0.25) is 0 Å². The Kier molecular flexibility index (Phi) is 123. The van der Waals surface area contributed by atoms with E-state index < -0.39 is 0 Å². The minimum absolute atomic E-state index is 0. The normalized spacial score (nSPS) is 2.71. The Morgan fingerprint density at radius 1 is 1.57 bits per heavy atom. The monoisotopic (exact) mass is 392 g/mol. The third kappa shape index (κ3) is 54.4. The van der Waals surface area contributed by atoms with Gasteiger partial charge in [0.25, 0.3) is 0 Å². The van der Waals surface area contributed by atoms with Gasteiger partial charge in [-0.25, -0.2) is 0 Å². The summed E-state index contributed by atoms with van der Waals surface area (Å²) < 4.78 is 8.28. The van der Waals surface area contributed by atoms with Crippen molar-refractivity contribution in [1.29, 1.82) is 0 Å². The molecule has 0 aromatic rings. The molecule has 36 valence electrons. The van der Waals surface area contributed by atoms with Gasteiger partial charge in [-0.2, -0.15) is 0 Å². The maximum absolute atomic E-state index is 8.28. The summed E-state index contributed by atoms with van der Waals surface area (Å²) in [6.07, 6.45) is 0. The number of rotatable bonds is 0. The van der Waals surface area contributed by atoms with E-state index >= 15 is 0 Å². The fraction of sp³-hybridized carbons (Fsp3) is 0. The van der Waals surface area contributed by atoms with E-state index in [9.17, 15) is 0 Å². The van der Waals surface area contributed by atoms with E-state index in [1.807, 2.05) is 0 Å². The molecule has 0 atom stereocenters. The second kappa shape index (κ2) is 38.0. The molecule has 0 aromatic carbocycles. The summed E-state index contributed by atoms with van der Waals surface area (Å²) in [4.78, 5) is 0. The van der Waals surface area contributed by atoms with Gasteiger partial charge >= 0.3 is 46.2 Å². The maximum atomic E-state index is 8.28. The van der Waals surface area contributed by atoms with Gasteiger partial charge in [0.1, 0.15) is 0 Å². The van der Waals surface area contributed by atoms with Crippen molar-refractivity contribution in [3.63, 3.8) is 0 Å². The molecular formula is H10Al2BBiOSiZn. The van der Waals surface area contributed by atoms with E-state index in [0.717, 1.165) is 0 Å². The van der Waals surface area contributed by atoms with Crippen LogP contribution in [0, 0.1) is 0 Å². The van der Waals surface area contributed by atoms with Crippen LogP contribution in [0.15, 0.2) is 0 Å². The van der Waals surface area contributed by atoms with Crippen LogP contribution < -0.4 is 0 Å². The Hall–Kier alpha value is 2.65. The quantitative estimate of drug-likeness (QED) is 0.378. The Labute approximate surface area is 94.1 Å². The summed E-state index contributed by atoms with van der Waals surface area (Å²) in [5.41, 5.74) is 0. The molecule has 0 N–H and O–H groups in total. The van der Waals surface area contributed by atoms with Gasteiger partial charge in [0.2, 0.25) is 0 Å². The van der Waals surface area contributed by atoms with Crippen LogP contribution in [-0.4, -0.2) is 72.2 Å². The summed E-state index contributed by atoms with van der Waals surface area (Å²) in [6, 6.07) is 0. The molecule has 0 aromatic heterocycles. The van der Waals surface area contributed by atoms with Gasteiger partial charge in [-0.1, -0.05) is 8.80 Å². The minimum Gasteiger partial charge on any atom is 0 e. The third-order valence-electron chi connectivity index (χ3n) is 0. The van der Waals surface area contributed by atoms with E-state index in [-0.39, 0.29) is 45.7 Å². The first-order valence-corrected chi connectivity index (χ1v) is 9.35. The molecule has 0 unspecified atom stereocenters. The molecule has 0 saturated carbocycles. The van der Waals surface area contributed by atoms with Crippen LogP contribution in [0.3, 0.4) is 0 Å². The van der Waals surface area contributed by atoms with Crippen molar-refractivity contribution >= 4 is 72.2 Å². The van der Waals surface area contributed by atoms with Crippen LogP contribution in [-0.2, 0) is 23.3 Å². The average molecular weight is 393 g/mol. The first-order valence-electron chi connectivity index (χ1n) is 1.70. The Bertz CT molecular complexity index is 21.7. The SMILES string of the molecule is [BH2][AlH][SiH3].[BiH3].[O]=[AlH].[Zn]. The van der Waals surface area contributed by atoms with Crippen molar-refractivity contribution in [2.75, 3.05) is 0 Å². The Morgan fingerprint density at radius 3 is 1.57 bits per heavy atom. The standard InChI is InChI=1S/2Al.BH2.Bi.O.H3Si.Zn.5H/h;;1H2;;;1H3;;;;;;/q;-1;+1;;;;;;;;;. The smallest absolute Gasteiger partial charge is 0 e. The summed E-state index contributed by atoms with van der Waals surface area (Å²) in [6.45, 7) is 2.33. The molecule has 0 saturated heterocycles. The van der Waals surface area contributed by atoms with Gasteiger partial charge in [0.15, 0.2) is 14.4 Å². The predicted molar refractivity (Wildman–Crippen MR) is 43.4 cm³/mol. The molecule has 0 radical (unpaired) electrons. The molecule has 0 aliphatic carbocycles. The van der Waals surface area contributed by atoms with Gasteiger partial charge in [-0.15, -0.1) is 0 Å². The number of hydrogen-bond donors (Lipinski definition) is 0. The minimum atomic E-state index is 0. The molecule has 0 aliphatic rings. The summed E-state index contributed by atoms with van der Waals surface area (Å²) in [7, 11) is 1.51. The molecule has 0 heterocycles. The van der Waals surface area contributed by atoms with E-state index in [1.165, 1.54) is 8.80 Å². The molecule has 0 aliphatic heterocycles. The molecular weight excluding hydrogens is 383 g/mol. The van der Waals surface area contributed by atoms with Crippen LogP contribution >= 0.6 is 0 Å². The Balaban J connectivity index is -0.0000000105. The molecule has 0 rings (SSSR count). The van der Waals surface area contributed by atoms with Gasteiger partial charge in [-0.05, 0) is 0 Å². The van der Waals surface area contributed by atoms with Crippen molar-refractivity contribution in [2.24, 2.45) is 0 Å². The van der Waals surface area contributed by atoms with E-state index in [1.54, 1.807) is 0 Å². The van der Waals surface area contributed by atoms with Crippen LogP contribution in [0.25, 0.3) is 0 Å². The van der Waals surface area contributed by atoms with Crippen molar-refractivity contribution in [1.82, 2.24) is 0 Å². The molecule has 1 nitrogen and oxygen atoms in total. The fourth-order valence-corrected chi connectivity index (χ4v) is 0. The van der Waals surface area contributed by atoms with Crippen LogP contribution in [0.4, 0.5) is 0 Å². The summed E-state index contributed by atoms with van der Waals surface area (Å²) in [5.74, 6) is 0. The molecule has 0 bridgehead atoms. The molecule has 7 heteroatoms. The average Bonchev–Trinajstić information content (AvgIpc) is 1.46. The van der Waals surface area contributed by atoms with Crippen molar-refractivity contribution in [2.45, 2.75) is 0 Å². The zero-order valence-electron chi connectivity index (χ0n) is 5.24. The largest absolute Gasteiger partial charge is 0 e. The first-order chi connectivity index (χ1) is 2.41. The molecule has 0 spiro atoms. The van der Waals surface area contributed by atoms with E-state index in [4.69, 9.17) is 3.80 Å². The van der Waals surface area contributed by atoms with Gasteiger partial charge < -0.3 is 0 Å². The summed E-state index contributed by atoms with van der Waals surface area (Å²) >= 11 is 1.17. The Morgan fingerprint density at radius 2 is 1.57 bits per heavy atom. The van der Waals surface area contributed by atoms with Crippen LogP contribution in [0.5, 0.6) is 0 Å². The zero-order valence-corrected chi connectivity index (χ0v) is 18.5. The second-order valence-corrected chi connectivity index (χ2v) is 6.36. The number of hydrogen-bond acceptors (Lipinski definition) is 1. The van der Waals surface area contributed by atoms with Crippen molar-refractivity contribution in [3.05, 3.63) is 0 Å². The topological polar surface area (TPSA) is 17.1 Å². The zero-order chi connectivity index (χ0) is 4.71. The fourth-order valence-electron chi connectivity index (χ4n) is 0. The van der Waals surface area contributed by atoms with E-state index in [0.29, 0.717) is 30.6 Å². The predicted octanol–water partition coefficient (Wildman–Crippen LogP) is -4.70. The van der Waals surface area contributed by atoms with Gasteiger partial charge in [0.05, 0.1) is 0 Å². The third-order valence-corrected chi connectivity index (χ3v) is 0. The molecule has 7 heavy (non-hydrogen) atoms. The maximum Gasteiger partial charge on any atom is 0 e. The van der Waals surface area contributed by atoms with Crippen molar-refractivity contribution in [3.8, 4) is 0 Å². The van der Waals surface area contributed by atoms with Gasteiger partial charge in [-0.3, -0.25) is 0 Å². The second-order valence-electron chi connectivity index (χ2n) is 0.707. The molecule has 0 amide bonds.